The van der Waals surface area contributed by atoms with E-state index in [2.05, 4.69) is 38.5 Å². The van der Waals surface area contributed by atoms with Crippen molar-refractivity contribution < 1.29 is 5.11 Å². The summed E-state index contributed by atoms with van der Waals surface area (Å²) in [5.74, 6) is 0.316. The molecule has 0 unspecified atom stereocenters. The smallest absolute Gasteiger partial charge is 0.130 e. The largest absolute Gasteiger partial charge is 0.507 e. The minimum atomic E-state index is 0.316. The molecule has 0 spiro atoms. The van der Waals surface area contributed by atoms with Crippen molar-refractivity contribution in [1.29, 1.82) is 0 Å². The molecule has 1 aromatic carbocycles. The Kier molecular flexibility index (Phi) is 3.18. The van der Waals surface area contributed by atoms with Crippen LogP contribution in [0.3, 0.4) is 0 Å². The highest BCUT2D eigenvalue weighted by atomic mass is 127. The maximum Gasteiger partial charge on any atom is 0.130 e. The lowest BCUT2D eigenvalue weighted by molar-refractivity contribution is 0.471. The zero-order valence-electron chi connectivity index (χ0n) is 6.06. The summed E-state index contributed by atoms with van der Waals surface area (Å²) in [6.45, 7) is 2.00. The second-order valence-electron chi connectivity index (χ2n) is 2.32. The lowest BCUT2D eigenvalue weighted by atomic mass is 10.1. The van der Waals surface area contributed by atoms with Crippen LogP contribution in [0.2, 0.25) is 0 Å². The van der Waals surface area contributed by atoms with Gasteiger partial charge in [-0.2, -0.15) is 0 Å². The van der Waals surface area contributed by atoms with Crippen LogP contribution in [0.4, 0.5) is 0 Å². The van der Waals surface area contributed by atoms with Gasteiger partial charge in [0.1, 0.15) is 5.75 Å². The second-order valence-corrected chi connectivity index (χ2v) is 3.87. The molecule has 0 aliphatic carbocycles. The van der Waals surface area contributed by atoms with Crippen molar-refractivity contribution in [3.63, 3.8) is 0 Å². The SMILES string of the molecule is Cc1c(CI)ccc(O)c1Br. The van der Waals surface area contributed by atoms with E-state index in [1.54, 1.807) is 6.07 Å². The molecule has 0 radical (unpaired) electrons. The molecule has 0 aromatic heterocycles. The number of hydrogen-bond acceptors (Lipinski definition) is 1. The topological polar surface area (TPSA) is 20.2 Å². The molecule has 1 nitrogen and oxygen atoms in total. The van der Waals surface area contributed by atoms with Gasteiger partial charge in [-0.3, -0.25) is 0 Å². The van der Waals surface area contributed by atoms with Crippen molar-refractivity contribution in [2.45, 2.75) is 11.4 Å². The van der Waals surface area contributed by atoms with Crippen LogP contribution in [-0.4, -0.2) is 5.11 Å². The Morgan fingerprint density at radius 1 is 1.55 bits per heavy atom. The minimum absolute atomic E-state index is 0.316. The lowest BCUT2D eigenvalue weighted by Gasteiger charge is -2.05. The second kappa shape index (κ2) is 3.76. The van der Waals surface area contributed by atoms with Gasteiger partial charge in [0.2, 0.25) is 0 Å². The Hall–Kier alpha value is 0.230. The molecule has 60 valence electrons. The first-order chi connectivity index (χ1) is 5.16. The first kappa shape index (κ1) is 9.32. The van der Waals surface area contributed by atoms with Gasteiger partial charge in [-0.05, 0) is 40.0 Å². The number of phenolic OH excluding ortho intramolecular Hbond substituents is 1. The van der Waals surface area contributed by atoms with Crippen LogP contribution in [0, 0.1) is 6.92 Å². The summed E-state index contributed by atoms with van der Waals surface area (Å²) in [5.41, 5.74) is 2.38. The maximum absolute atomic E-state index is 9.27. The normalized spacial score (nSPS) is 10.1. The van der Waals surface area contributed by atoms with Gasteiger partial charge < -0.3 is 5.11 Å². The van der Waals surface area contributed by atoms with E-state index in [1.165, 1.54) is 5.56 Å². The molecular weight excluding hydrogens is 319 g/mol. The molecule has 1 N–H and O–H groups in total. The van der Waals surface area contributed by atoms with Gasteiger partial charge in [0.05, 0.1) is 4.47 Å². The van der Waals surface area contributed by atoms with Gasteiger partial charge in [-0.25, -0.2) is 0 Å². The predicted octanol–water partition coefficient (Wildman–Crippen LogP) is 3.40. The summed E-state index contributed by atoms with van der Waals surface area (Å²) >= 11 is 5.62. The van der Waals surface area contributed by atoms with E-state index in [0.717, 1.165) is 14.5 Å². The van der Waals surface area contributed by atoms with E-state index in [0.29, 0.717) is 5.75 Å². The summed E-state index contributed by atoms with van der Waals surface area (Å²) in [6, 6.07) is 3.66. The summed E-state index contributed by atoms with van der Waals surface area (Å²) < 4.78 is 1.79. The monoisotopic (exact) mass is 326 g/mol. The molecule has 0 aliphatic heterocycles. The number of halogens is 2. The summed E-state index contributed by atoms with van der Waals surface area (Å²) in [6.07, 6.45) is 0. The molecule has 0 fully saturated rings. The fourth-order valence-electron chi connectivity index (χ4n) is 0.856. The number of alkyl halides is 1. The van der Waals surface area contributed by atoms with Crippen LogP contribution in [0.15, 0.2) is 16.6 Å². The summed E-state index contributed by atoms with van der Waals surface area (Å²) in [5, 5.41) is 9.27. The molecule has 1 rings (SSSR count). The Morgan fingerprint density at radius 3 is 2.73 bits per heavy atom. The third kappa shape index (κ3) is 1.87. The first-order valence-corrected chi connectivity index (χ1v) is 5.51. The molecule has 3 heteroatoms. The van der Waals surface area contributed by atoms with Crippen LogP contribution >= 0.6 is 38.5 Å². The molecule has 1 aromatic rings. The molecule has 0 heterocycles. The van der Waals surface area contributed by atoms with E-state index >= 15 is 0 Å². The van der Waals surface area contributed by atoms with Gasteiger partial charge in [0, 0.05) is 4.43 Å². The van der Waals surface area contributed by atoms with Crippen LogP contribution in [-0.2, 0) is 4.43 Å². The van der Waals surface area contributed by atoms with Crippen molar-refractivity contribution >= 4 is 38.5 Å². The number of hydrogen-bond donors (Lipinski definition) is 1. The van der Waals surface area contributed by atoms with Gasteiger partial charge in [0.15, 0.2) is 0 Å². The van der Waals surface area contributed by atoms with Crippen molar-refractivity contribution in [1.82, 2.24) is 0 Å². The first-order valence-electron chi connectivity index (χ1n) is 3.19. The summed E-state index contributed by atoms with van der Waals surface area (Å²) in [7, 11) is 0. The van der Waals surface area contributed by atoms with Crippen LogP contribution in [0.1, 0.15) is 11.1 Å². The zero-order chi connectivity index (χ0) is 8.43. The molecular formula is C8H8BrIO. The molecule has 0 saturated heterocycles. The number of aromatic hydroxyl groups is 1. The summed E-state index contributed by atoms with van der Waals surface area (Å²) in [4.78, 5) is 0. The van der Waals surface area contributed by atoms with Gasteiger partial charge >= 0.3 is 0 Å². The van der Waals surface area contributed by atoms with E-state index in [4.69, 9.17) is 0 Å². The van der Waals surface area contributed by atoms with E-state index in [-0.39, 0.29) is 0 Å². The van der Waals surface area contributed by atoms with Crippen molar-refractivity contribution in [3.05, 3.63) is 27.7 Å². The zero-order valence-corrected chi connectivity index (χ0v) is 9.81. The highest BCUT2D eigenvalue weighted by Gasteiger charge is 2.04. The highest BCUT2D eigenvalue weighted by molar-refractivity contribution is 14.1. The fourth-order valence-corrected chi connectivity index (χ4v) is 2.07. The molecule has 0 atom stereocenters. The van der Waals surface area contributed by atoms with E-state index in [1.807, 2.05) is 13.0 Å². The predicted molar refractivity (Wildman–Crippen MR) is 58.3 cm³/mol. The third-order valence-corrected chi connectivity index (χ3v) is 3.44. The van der Waals surface area contributed by atoms with Crippen LogP contribution < -0.4 is 0 Å². The number of phenols is 1. The van der Waals surface area contributed by atoms with Crippen LogP contribution in [0.5, 0.6) is 5.75 Å². The Labute approximate surface area is 88.1 Å². The fraction of sp³-hybridized carbons (Fsp3) is 0.250. The van der Waals surface area contributed by atoms with Gasteiger partial charge in [-0.15, -0.1) is 0 Å². The Bertz CT molecular complexity index is 273. The molecule has 0 aliphatic rings. The Balaban J connectivity index is 3.25. The average molecular weight is 327 g/mol. The van der Waals surface area contributed by atoms with Gasteiger partial charge in [0.25, 0.3) is 0 Å². The highest BCUT2D eigenvalue weighted by Crippen LogP contribution is 2.30. The standard InChI is InChI=1S/C8H8BrIO/c1-5-6(4-10)2-3-7(11)8(5)9/h2-3,11H,4H2,1H3. The van der Waals surface area contributed by atoms with Gasteiger partial charge in [-0.1, -0.05) is 28.7 Å². The van der Waals surface area contributed by atoms with Crippen LogP contribution in [0.25, 0.3) is 0 Å². The van der Waals surface area contributed by atoms with Crippen molar-refractivity contribution in [2.75, 3.05) is 0 Å². The Morgan fingerprint density at radius 2 is 2.18 bits per heavy atom. The molecule has 0 bridgehead atoms. The van der Waals surface area contributed by atoms with Crippen molar-refractivity contribution in [2.24, 2.45) is 0 Å². The number of benzene rings is 1. The average Bonchev–Trinajstić information content (AvgIpc) is 2.01. The van der Waals surface area contributed by atoms with E-state index < -0.39 is 0 Å². The number of rotatable bonds is 1. The minimum Gasteiger partial charge on any atom is -0.507 e. The van der Waals surface area contributed by atoms with E-state index in [9.17, 15) is 5.11 Å². The van der Waals surface area contributed by atoms with Crippen molar-refractivity contribution in [3.8, 4) is 5.75 Å². The molecule has 0 amide bonds. The lowest BCUT2D eigenvalue weighted by Crippen LogP contribution is -1.85. The quantitative estimate of drug-likeness (QED) is 0.619. The maximum atomic E-state index is 9.27. The molecule has 11 heavy (non-hydrogen) atoms. The molecule has 0 saturated carbocycles. The third-order valence-electron chi connectivity index (χ3n) is 1.62.